The topological polar surface area (TPSA) is 77.8 Å². The number of halogens is 2. The van der Waals surface area contributed by atoms with Gasteiger partial charge in [0.1, 0.15) is 5.69 Å². The van der Waals surface area contributed by atoms with Crippen LogP contribution in [0.2, 0.25) is 0 Å². The minimum atomic E-state index is -0.805. The molecule has 8 heteroatoms. The molecule has 0 fully saturated rings. The maximum Gasteiger partial charge on any atom is 0.411 e. The molecule has 1 aromatic carbocycles. The van der Waals surface area contributed by atoms with E-state index in [9.17, 15) is 14.0 Å². The second kappa shape index (κ2) is 6.78. The second-order valence-corrected chi connectivity index (χ2v) is 5.05. The molecule has 0 spiro atoms. The van der Waals surface area contributed by atoms with Gasteiger partial charge in [-0.15, -0.1) is 0 Å². The molecule has 0 unspecified atom stereocenters. The van der Waals surface area contributed by atoms with Crippen LogP contribution in [0.3, 0.4) is 0 Å². The first kappa shape index (κ1) is 16.3. The number of fused-ring (bicyclic) bond motifs is 1. The Morgan fingerprint density at radius 3 is 2.59 bits per heavy atom. The molecule has 0 aliphatic heterocycles. The van der Waals surface area contributed by atoms with Gasteiger partial charge < -0.3 is 13.9 Å². The van der Waals surface area contributed by atoms with Gasteiger partial charge in [-0.05, 0) is 26.0 Å². The first-order chi connectivity index (χ1) is 10.5. The number of anilines is 1. The van der Waals surface area contributed by atoms with Crippen molar-refractivity contribution in [1.82, 2.24) is 0 Å². The zero-order valence-electron chi connectivity index (χ0n) is 11.9. The van der Waals surface area contributed by atoms with Crippen LogP contribution in [-0.2, 0) is 9.47 Å². The van der Waals surface area contributed by atoms with Crippen molar-refractivity contribution in [3.63, 3.8) is 0 Å². The number of benzene rings is 1. The molecule has 1 amide bonds. The summed E-state index contributed by atoms with van der Waals surface area (Å²) in [7, 11) is 0. The van der Waals surface area contributed by atoms with Gasteiger partial charge in [0.15, 0.2) is 11.4 Å². The predicted molar refractivity (Wildman–Crippen MR) is 80.5 cm³/mol. The minimum Gasteiger partial charge on any atom is -0.460 e. The normalized spacial score (nSPS) is 10.5. The van der Waals surface area contributed by atoms with Crippen LogP contribution in [0, 0.1) is 5.82 Å². The number of rotatable bonds is 4. The monoisotopic (exact) mass is 373 g/mol. The third-order valence-corrected chi connectivity index (χ3v) is 3.13. The van der Waals surface area contributed by atoms with Crippen LogP contribution in [0.25, 0.3) is 11.0 Å². The van der Waals surface area contributed by atoms with Gasteiger partial charge in [0.25, 0.3) is 0 Å². The molecule has 0 aliphatic rings. The molecule has 1 aromatic heterocycles. The molecule has 0 saturated carbocycles. The standard InChI is InChI=1S/C14H13BrFNO5/c1-3-20-13(18)12-10(17-14(19)21-4-2)8-5-7(15)6-9(16)11(8)22-12/h5-6H,3-4H2,1-2H3,(H,17,19). The highest BCUT2D eigenvalue weighted by Gasteiger charge is 2.25. The van der Waals surface area contributed by atoms with Gasteiger partial charge in [-0.25, -0.2) is 14.0 Å². The average molecular weight is 374 g/mol. The number of ether oxygens (including phenoxy) is 2. The van der Waals surface area contributed by atoms with Gasteiger partial charge >= 0.3 is 12.1 Å². The summed E-state index contributed by atoms with van der Waals surface area (Å²) < 4.78 is 29.2. The first-order valence-corrected chi connectivity index (χ1v) is 7.29. The van der Waals surface area contributed by atoms with Crippen molar-refractivity contribution in [2.75, 3.05) is 18.5 Å². The van der Waals surface area contributed by atoms with Crippen molar-refractivity contribution in [2.24, 2.45) is 0 Å². The quantitative estimate of drug-likeness (QED) is 0.816. The van der Waals surface area contributed by atoms with E-state index in [1.807, 2.05) is 0 Å². The van der Waals surface area contributed by atoms with Gasteiger partial charge in [-0.1, -0.05) is 15.9 Å². The molecule has 1 N–H and O–H groups in total. The average Bonchev–Trinajstić information content (AvgIpc) is 2.78. The van der Waals surface area contributed by atoms with Crippen LogP contribution in [0.5, 0.6) is 0 Å². The lowest BCUT2D eigenvalue weighted by Gasteiger charge is -2.05. The largest absolute Gasteiger partial charge is 0.460 e. The minimum absolute atomic E-state index is 0.00657. The molecular formula is C14H13BrFNO5. The summed E-state index contributed by atoms with van der Waals surface area (Å²) in [6.45, 7) is 3.51. The van der Waals surface area contributed by atoms with Crippen molar-refractivity contribution in [3.8, 4) is 0 Å². The Hall–Kier alpha value is -2.09. The van der Waals surface area contributed by atoms with Crippen molar-refractivity contribution in [2.45, 2.75) is 13.8 Å². The van der Waals surface area contributed by atoms with Gasteiger partial charge in [0.05, 0.1) is 13.2 Å². The number of furan rings is 1. The Kier molecular flexibility index (Phi) is 5.02. The fourth-order valence-corrected chi connectivity index (χ4v) is 2.29. The first-order valence-electron chi connectivity index (χ1n) is 6.50. The highest BCUT2D eigenvalue weighted by Crippen LogP contribution is 2.35. The van der Waals surface area contributed by atoms with Gasteiger partial charge in [-0.2, -0.15) is 0 Å². The maximum absolute atomic E-state index is 14.0. The highest BCUT2D eigenvalue weighted by molar-refractivity contribution is 9.10. The van der Waals surface area contributed by atoms with Crippen molar-refractivity contribution in [1.29, 1.82) is 0 Å². The Morgan fingerprint density at radius 2 is 1.95 bits per heavy atom. The van der Waals surface area contributed by atoms with E-state index < -0.39 is 17.9 Å². The summed E-state index contributed by atoms with van der Waals surface area (Å²) >= 11 is 3.15. The molecule has 0 aliphatic carbocycles. The molecule has 0 radical (unpaired) electrons. The van der Waals surface area contributed by atoms with E-state index in [4.69, 9.17) is 13.9 Å². The predicted octanol–water partition coefficient (Wildman–Crippen LogP) is 4.08. The molecule has 6 nitrogen and oxygen atoms in total. The van der Waals surface area contributed by atoms with Crippen LogP contribution in [0.1, 0.15) is 24.4 Å². The fourth-order valence-electron chi connectivity index (χ4n) is 1.86. The highest BCUT2D eigenvalue weighted by atomic mass is 79.9. The van der Waals surface area contributed by atoms with E-state index in [2.05, 4.69) is 21.2 Å². The molecular weight excluding hydrogens is 361 g/mol. The molecule has 2 aromatic rings. The van der Waals surface area contributed by atoms with Crippen molar-refractivity contribution in [3.05, 3.63) is 28.2 Å². The SMILES string of the molecule is CCOC(=O)Nc1c(C(=O)OCC)oc2c(F)cc(Br)cc12. The zero-order chi connectivity index (χ0) is 16.3. The summed E-state index contributed by atoms with van der Waals surface area (Å²) in [6, 6.07) is 2.71. The number of hydrogen-bond acceptors (Lipinski definition) is 5. The van der Waals surface area contributed by atoms with Crippen molar-refractivity contribution >= 4 is 44.6 Å². The number of carbonyl (C=O) groups excluding carboxylic acids is 2. The van der Waals surface area contributed by atoms with E-state index >= 15 is 0 Å². The Morgan fingerprint density at radius 1 is 1.27 bits per heavy atom. The molecule has 118 valence electrons. The van der Waals surface area contributed by atoms with Crippen LogP contribution < -0.4 is 5.32 Å². The fraction of sp³-hybridized carbons (Fsp3) is 0.286. The zero-order valence-corrected chi connectivity index (χ0v) is 13.5. The maximum atomic E-state index is 14.0. The summed E-state index contributed by atoms with van der Waals surface area (Å²) in [5, 5.41) is 2.61. The smallest absolute Gasteiger partial charge is 0.411 e. The molecule has 1 heterocycles. The summed E-state index contributed by atoms with van der Waals surface area (Å²) in [6.07, 6.45) is -0.781. The Labute approximate surface area is 133 Å². The van der Waals surface area contributed by atoms with Crippen LogP contribution >= 0.6 is 15.9 Å². The van der Waals surface area contributed by atoms with Crippen LogP contribution in [0.4, 0.5) is 14.9 Å². The number of carbonyl (C=O) groups is 2. The van der Waals surface area contributed by atoms with E-state index in [0.717, 1.165) is 0 Å². The van der Waals surface area contributed by atoms with Crippen LogP contribution in [0.15, 0.2) is 21.0 Å². The Balaban J connectivity index is 2.58. The van der Waals surface area contributed by atoms with Gasteiger partial charge in [0, 0.05) is 9.86 Å². The number of nitrogens with one attached hydrogen (secondary N) is 1. The van der Waals surface area contributed by atoms with Gasteiger partial charge in [0.2, 0.25) is 5.76 Å². The summed E-state index contributed by atoms with van der Waals surface area (Å²) in [5.41, 5.74) is -0.148. The molecule has 0 atom stereocenters. The lowest BCUT2D eigenvalue weighted by molar-refractivity contribution is 0.0494. The molecule has 2 rings (SSSR count). The van der Waals surface area contributed by atoms with Crippen molar-refractivity contribution < 1.29 is 27.9 Å². The van der Waals surface area contributed by atoms with E-state index in [0.29, 0.717) is 4.47 Å². The second-order valence-electron chi connectivity index (χ2n) is 4.14. The molecule has 0 bridgehead atoms. The lowest BCUT2D eigenvalue weighted by Crippen LogP contribution is -2.15. The number of amides is 1. The van der Waals surface area contributed by atoms with E-state index in [1.165, 1.54) is 12.1 Å². The third-order valence-electron chi connectivity index (χ3n) is 2.67. The van der Waals surface area contributed by atoms with E-state index in [1.54, 1.807) is 13.8 Å². The molecule has 22 heavy (non-hydrogen) atoms. The summed E-state index contributed by atoms with van der Waals surface area (Å²) in [4.78, 5) is 23.6. The van der Waals surface area contributed by atoms with Crippen LogP contribution in [-0.4, -0.2) is 25.3 Å². The lowest BCUT2D eigenvalue weighted by atomic mass is 10.2. The summed E-state index contributed by atoms with van der Waals surface area (Å²) in [5.74, 6) is -1.77. The number of esters is 1. The Bertz CT molecular complexity index is 728. The number of hydrogen-bond donors (Lipinski definition) is 1. The molecule has 0 saturated heterocycles. The van der Waals surface area contributed by atoms with Gasteiger partial charge in [-0.3, -0.25) is 5.32 Å². The third kappa shape index (κ3) is 3.22. The van der Waals surface area contributed by atoms with E-state index in [-0.39, 0.29) is 35.6 Å².